The third-order valence-electron chi connectivity index (χ3n) is 2.89. The Hall–Kier alpha value is -2.14. The van der Waals surface area contributed by atoms with Crippen LogP contribution < -0.4 is 15.2 Å². The molecular weight excluding hydrogens is 264 g/mol. The van der Waals surface area contributed by atoms with Gasteiger partial charge in [-0.3, -0.25) is 0 Å². The van der Waals surface area contributed by atoms with Gasteiger partial charge in [-0.25, -0.2) is 4.39 Å². The van der Waals surface area contributed by atoms with Crippen molar-refractivity contribution in [3.8, 4) is 11.5 Å². The number of nitrogens with two attached hydrogens (primary N) is 1. The third-order valence-corrected chi connectivity index (χ3v) is 2.89. The van der Waals surface area contributed by atoms with E-state index in [1.54, 1.807) is 31.4 Å². The average Bonchev–Trinajstić information content (AvgIpc) is 2.49. The smallest absolute Gasteiger partial charge is 0.200 e. The van der Waals surface area contributed by atoms with Gasteiger partial charge in [-0.1, -0.05) is 18.2 Å². The van der Waals surface area contributed by atoms with Crippen molar-refractivity contribution >= 4 is 0 Å². The molecule has 3 nitrogen and oxygen atoms in total. The van der Waals surface area contributed by atoms with Crippen molar-refractivity contribution in [2.75, 3.05) is 13.7 Å². The van der Waals surface area contributed by atoms with E-state index in [2.05, 4.69) is 0 Å². The number of halogens is 2. The summed E-state index contributed by atoms with van der Waals surface area (Å²) in [5.41, 5.74) is 6.40. The lowest BCUT2D eigenvalue weighted by molar-refractivity contribution is 0.202. The predicted molar refractivity (Wildman–Crippen MR) is 71.8 cm³/mol. The molecule has 0 radical (unpaired) electrons. The fraction of sp³-hybridized carbons (Fsp3) is 0.200. The summed E-state index contributed by atoms with van der Waals surface area (Å²) in [4.78, 5) is 0. The Morgan fingerprint density at radius 3 is 2.40 bits per heavy atom. The molecule has 20 heavy (non-hydrogen) atoms. The van der Waals surface area contributed by atoms with Gasteiger partial charge in [0, 0.05) is 6.54 Å². The highest BCUT2D eigenvalue weighted by Gasteiger charge is 2.16. The van der Waals surface area contributed by atoms with Crippen LogP contribution >= 0.6 is 0 Å². The minimum Gasteiger partial charge on any atom is -0.497 e. The maximum absolute atomic E-state index is 13.6. The van der Waals surface area contributed by atoms with Crippen molar-refractivity contribution in [1.29, 1.82) is 0 Å². The minimum absolute atomic E-state index is 0.141. The summed E-state index contributed by atoms with van der Waals surface area (Å²) < 4.78 is 37.2. The van der Waals surface area contributed by atoms with Crippen LogP contribution in [-0.4, -0.2) is 13.7 Å². The van der Waals surface area contributed by atoms with E-state index in [9.17, 15) is 8.78 Å². The number of benzene rings is 2. The molecule has 0 aliphatic rings. The molecule has 2 N–H and O–H groups in total. The fourth-order valence-corrected chi connectivity index (χ4v) is 1.80. The number of hydrogen-bond acceptors (Lipinski definition) is 3. The van der Waals surface area contributed by atoms with Gasteiger partial charge in [-0.2, -0.15) is 4.39 Å². The second-order valence-corrected chi connectivity index (χ2v) is 4.17. The maximum atomic E-state index is 13.6. The number of rotatable bonds is 5. The monoisotopic (exact) mass is 279 g/mol. The Morgan fingerprint density at radius 1 is 1.10 bits per heavy atom. The Balaban J connectivity index is 2.21. The van der Waals surface area contributed by atoms with E-state index in [1.807, 2.05) is 0 Å². The Kier molecular flexibility index (Phi) is 4.53. The summed E-state index contributed by atoms with van der Waals surface area (Å²) in [6.45, 7) is 0.141. The number of ether oxygens (including phenoxy) is 2. The molecule has 2 rings (SSSR count). The van der Waals surface area contributed by atoms with Crippen molar-refractivity contribution in [2.45, 2.75) is 6.10 Å². The van der Waals surface area contributed by atoms with Crippen molar-refractivity contribution in [3.05, 3.63) is 59.7 Å². The van der Waals surface area contributed by atoms with Gasteiger partial charge in [0.05, 0.1) is 7.11 Å². The van der Waals surface area contributed by atoms with E-state index in [0.29, 0.717) is 5.75 Å². The third kappa shape index (κ3) is 3.05. The molecule has 5 heteroatoms. The van der Waals surface area contributed by atoms with E-state index >= 15 is 0 Å². The molecule has 0 bridgehead atoms. The summed E-state index contributed by atoms with van der Waals surface area (Å²) in [6, 6.07) is 10.8. The van der Waals surface area contributed by atoms with Gasteiger partial charge in [0.15, 0.2) is 11.6 Å². The lowest BCUT2D eigenvalue weighted by Crippen LogP contribution is -2.19. The van der Waals surface area contributed by atoms with E-state index in [1.165, 1.54) is 12.1 Å². The van der Waals surface area contributed by atoms with E-state index in [0.717, 1.165) is 11.6 Å². The lowest BCUT2D eigenvalue weighted by atomic mass is 10.1. The first-order valence-corrected chi connectivity index (χ1v) is 6.10. The van der Waals surface area contributed by atoms with Crippen LogP contribution in [0, 0.1) is 11.6 Å². The van der Waals surface area contributed by atoms with Crippen LogP contribution in [0.4, 0.5) is 8.78 Å². The molecule has 0 saturated carbocycles. The average molecular weight is 279 g/mol. The van der Waals surface area contributed by atoms with Crippen LogP contribution in [-0.2, 0) is 0 Å². The molecule has 0 saturated heterocycles. The fourth-order valence-electron chi connectivity index (χ4n) is 1.80. The largest absolute Gasteiger partial charge is 0.497 e. The maximum Gasteiger partial charge on any atom is 0.200 e. The van der Waals surface area contributed by atoms with Crippen LogP contribution in [0.25, 0.3) is 0 Å². The highest BCUT2D eigenvalue weighted by molar-refractivity contribution is 5.31. The highest BCUT2D eigenvalue weighted by Crippen LogP contribution is 2.26. The zero-order chi connectivity index (χ0) is 14.5. The van der Waals surface area contributed by atoms with Gasteiger partial charge >= 0.3 is 0 Å². The first kappa shape index (κ1) is 14.3. The van der Waals surface area contributed by atoms with E-state index < -0.39 is 17.7 Å². The summed E-state index contributed by atoms with van der Waals surface area (Å²) in [5, 5.41) is 0. The van der Waals surface area contributed by atoms with E-state index in [-0.39, 0.29) is 12.3 Å². The summed E-state index contributed by atoms with van der Waals surface area (Å²) in [6.07, 6.45) is -0.558. The Labute approximate surface area is 115 Å². The van der Waals surface area contributed by atoms with Crippen LogP contribution in [0.3, 0.4) is 0 Å². The van der Waals surface area contributed by atoms with Crippen molar-refractivity contribution in [2.24, 2.45) is 5.73 Å². The zero-order valence-corrected chi connectivity index (χ0v) is 11.0. The SMILES string of the molecule is COc1ccc(C(CN)Oc2cccc(F)c2F)cc1. The molecule has 2 aromatic carbocycles. The molecule has 2 aromatic rings. The van der Waals surface area contributed by atoms with Crippen molar-refractivity contribution in [1.82, 2.24) is 0 Å². The molecule has 1 atom stereocenters. The lowest BCUT2D eigenvalue weighted by Gasteiger charge is -2.18. The second kappa shape index (κ2) is 6.34. The molecular formula is C15H15F2NO2. The van der Waals surface area contributed by atoms with Crippen molar-refractivity contribution in [3.63, 3.8) is 0 Å². The molecule has 0 aliphatic carbocycles. The summed E-state index contributed by atoms with van der Waals surface area (Å²) in [7, 11) is 1.56. The predicted octanol–water partition coefficient (Wildman–Crippen LogP) is 3.05. The molecule has 0 fully saturated rings. The first-order chi connectivity index (χ1) is 9.65. The van der Waals surface area contributed by atoms with Crippen LogP contribution in [0.5, 0.6) is 11.5 Å². The normalized spacial score (nSPS) is 12.0. The van der Waals surface area contributed by atoms with Crippen LogP contribution in [0.2, 0.25) is 0 Å². The molecule has 0 heterocycles. The summed E-state index contributed by atoms with van der Waals surface area (Å²) in [5.74, 6) is -1.43. The Morgan fingerprint density at radius 2 is 1.80 bits per heavy atom. The highest BCUT2D eigenvalue weighted by atomic mass is 19.2. The molecule has 1 unspecified atom stereocenters. The van der Waals surface area contributed by atoms with Gasteiger partial charge in [0.25, 0.3) is 0 Å². The quantitative estimate of drug-likeness (QED) is 0.915. The number of hydrogen-bond donors (Lipinski definition) is 1. The molecule has 0 aliphatic heterocycles. The molecule has 0 amide bonds. The second-order valence-electron chi connectivity index (χ2n) is 4.17. The topological polar surface area (TPSA) is 44.5 Å². The first-order valence-electron chi connectivity index (χ1n) is 6.10. The standard InChI is InChI=1S/C15H15F2NO2/c1-19-11-7-5-10(6-8-11)14(9-18)20-13-4-2-3-12(16)15(13)17/h2-8,14H,9,18H2,1H3. The molecule has 0 spiro atoms. The Bertz CT molecular complexity index is 573. The van der Waals surface area contributed by atoms with Gasteiger partial charge in [-0.05, 0) is 29.8 Å². The van der Waals surface area contributed by atoms with Gasteiger partial charge in [0.1, 0.15) is 11.9 Å². The zero-order valence-electron chi connectivity index (χ0n) is 11.0. The van der Waals surface area contributed by atoms with E-state index in [4.69, 9.17) is 15.2 Å². The summed E-state index contributed by atoms with van der Waals surface area (Å²) >= 11 is 0. The van der Waals surface area contributed by atoms with Crippen molar-refractivity contribution < 1.29 is 18.3 Å². The van der Waals surface area contributed by atoms with Crippen LogP contribution in [0.15, 0.2) is 42.5 Å². The van der Waals surface area contributed by atoms with Gasteiger partial charge in [0.2, 0.25) is 5.82 Å². The van der Waals surface area contributed by atoms with Crippen LogP contribution in [0.1, 0.15) is 11.7 Å². The minimum atomic E-state index is -1.01. The molecule has 106 valence electrons. The number of methoxy groups -OCH3 is 1. The van der Waals surface area contributed by atoms with Gasteiger partial charge in [-0.15, -0.1) is 0 Å². The van der Waals surface area contributed by atoms with Gasteiger partial charge < -0.3 is 15.2 Å². The molecule has 0 aromatic heterocycles.